The maximum absolute atomic E-state index is 11.4. The zero-order valence-electron chi connectivity index (χ0n) is 10.6. The van der Waals surface area contributed by atoms with Crippen LogP contribution in [0.2, 0.25) is 0 Å². The van der Waals surface area contributed by atoms with Gasteiger partial charge in [-0.1, -0.05) is 5.57 Å². The van der Waals surface area contributed by atoms with Crippen LogP contribution in [-0.2, 0) is 9.53 Å². The largest absolute Gasteiger partial charge is 0.462 e. The molecule has 0 aromatic rings. The van der Waals surface area contributed by atoms with Crippen molar-refractivity contribution in [2.24, 2.45) is 5.92 Å². The van der Waals surface area contributed by atoms with Crippen LogP contribution >= 0.6 is 0 Å². The van der Waals surface area contributed by atoms with Gasteiger partial charge in [0.05, 0.1) is 12.7 Å². The average molecular weight is 239 g/mol. The highest BCUT2D eigenvalue weighted by Gasteiger charge is 2.43. The number of rotatable bonds is 3. The zero-order chi connectivity index (χ0) is 12.4. The summed E-state index contributed by atoms with van der Waals surface area (Å²) in [4.78, 5) is 13.7. The summed E-state index contributed by atoms with van der Waals surface area (Å²) in [6.45, 7) is 6.18. The number of esters is 1. The van der Waals surface area contributed by atoms with Gasteiger partial charge in [-0.3, -0.25) is 4.90 Å². The summed E-state index contributed by atoms with van der Waals surface area (Å²) in [6, 6.07) is 0.203. The lowest BCUT2D eigenvalue weighted by Crippen LogP contribution is -2.35. The third kappa shape index (κ3) is 2.87. The molecule has 0 aromatic carbocycles. The third-order valence-electron chi connectivity index (χ3n) is 3.64. The number of hydrogen-bond acceptors (Lipinski definition) is 4. The van der Waals surface area contributed by atoms with Gasteiger partial charge in [0.15, 0.2) is 0 Å². The minimum Gasteiger partial charge on any atom is -0.462 e. The first-order valence-electron chi connectivity index (χ1n) is 6.31. The number of carbonyl (C=O) groups is 1. The quantitative estimate of drug-likeness (QED) is 0.588. The summed E-state index contributed by atoms with van der Waals surface area (Å²) in [6.07, 6.45) is 3.13. The van der Waals surface area contributed by atoms with Gasteiger partial charge in [0.2, 0.25) is 0 Å². The van der Waals surface area contributed by atoms with Gasteiger partial charge in [0, 0.05) is 24.6 Å². The second kappa shape index (κ2) is 5.19. The summed E-state index contributed by atoms with van der Waals surface area (Å²) in [5.74, 6) is 0.0259. The molecule has 2 unspecified atom stereocenters. The molecule has 0 bridgehead atoms. The molecule has 2 aliphatic heterocycles. The topological polar surface area (TPSA) is 49.8 Å². The van der Waals surface area contributed by atoms with Crippen LogP contribution in [0.5, 0.6) is 0 Å². The first kappa shape index (κ1) is 12.6. The van der Waals surface area contributed by atoms with Gasteiger partial charge in [-0.15, -0.1) is 0 Å². The number of aliphatic hydroxyl groups is 1. The van der Waals surface area contributed by atoms with E-state index in [9.17, 15) is 9.90 Å². The first-order valence-corrected chi connectivity index (χ1v) is 6.31. The number of hydrogen-bond donors (Lipinski definition) is 1. The highest BCUT2D eigenvalue weighted by atomic mass is 16.5. The number of allylic oxidation sites excluding steroid dienone is 1. The van der Waals surface area contributed by atoms with Crippen LogP contribution in [0.25, 0.3) is 0 Å². The molecule has 0 radical (unpaired) electrons. The van der Waals surface area contributed by atoms with Gasteiger partial charge in [0.25, 0.3) is 0 Å². The molecular weight excluding hydrogens is 218 g/mol. The molecule has 4 nitrogen and oxygen atoms in total. The standard InChI is InChI=1S/C13H21NO3/c1-9(2)7-12(16)17-8-10-3-5-14-6-4-11(15)13(10)14/h7,10-11,13,15H,3-6,8H2,1-2H3/t10?,11?,13-/m1/s1. The Kier molecular flexibility index (Phi) is 3.84. The Hall–Kier alpha value is -0.870. The lowest BCUT2D eigenvalue weighted by Gasteiger charge is -2.22. The van der Waals surface area contributed by atoms with Gasteiger partial charge in [-0.25, -0.2) is 4.79 Å². The second-order valence-electron chi connectivity index (χ2n) is 5.28. The van der Waals surface area contributed by atoms with Crippen LogP contribution in [0.3, 0.4) is 0 Å². The van der Waals surface area contributed by atoms with E-state index < -0.39 is 0 Å². The van der Waals surface area contributed by atoms with Gasteiger partial charge >= 0.3 is 5.97 Å². The SMILES string of the molecule is CC(C)=CC(=O)OCC1CCN2CCC(O)[C@@H]12. The lowest BCUT2D eigenvalue weighted by molar-refractivity contribution is -0.139. The Morgan fingerprint density at radius 3 is 2.82 bits per heavy atom. The van der Waals surface area contributed by atoms with Crippen molar-refractivity contribution >= 4 is 5.97 Å². The van der Waals surface area contributed by atoms with Crippen LogP contribution < -0.4 is 0 Å². The van der Waals surface area contributed by atoms with E-state index in [1.54, 1.807) is 0 Å². The van der Waals surface area contributed by atoms with Crippen molar-refractivity contribution < 1.29 is 14.6 Å². The third-order valence-corrected chi connectivity index (χ3v) is 3.64. The van der Waals surface area contributed by atoms with Crippen molar-refractivity contribution in [1.29, 1.82) is 0 Å². The van der Waals surface area contributed by atoms with E-state index in [1.807, 2.05) is 13.8 Å². The smallest absolute Gasteiger partial charge is 0.330 e. The molecule has 3 atom stereocenters. The van der Waals surface area contributed by atoms with Crippen LogP contribution in [0.15, 0.2) is 11.6 Å². The summed E-state index contributed by atoms with van der Waals surface area (Å²) in [5.41, 5.74) is 0.948. The highest BCUT2D eigenvalue weighted by Crippen LogP contribution is 2.33. The predicted molar refractivity (Wildman–Crippen MR) is 64.5 cm³/mol. The molecule has 0 amide bonds. The molecule has 2 aliphatic rings. The Labute approximate surface area is 102 Å². The fraction of sp³-hybridized carbons (Fsp3) is 0.769. The Balaban J connectivity index is 1.84. The highest BCUT2D eigenvalue weighted by molar-refractivity contribution is 5.82. The molecule has 96 valence electrons. The summed E-state index contributed by atoms with van der Waals surface area (Å²) < 4.78 is 5.24. The Morgan fingerprint density at radius 1 is 1.41 bits per heavy atom. The molecule has 2 saturated heterocycles. The molecule has 2 rings (SSSR count). The van der Waals surface area contributed by atoms with Crippen LogP contribution in [-0.4, -0.2) is 47.8 Å². The molecule has 17 heavy (non-hydrogen) atoms. The first-order chi connectivity index (χ1) is 8.08. The number of carbonyl (C=O) groups excluding carboxylic acids is 1. The Bertz CT molecular complexity index is 323. The molecule has 4 heteroatoms. The van der Waals surface area contributed by atoms with E-state index in [2.05, 4.69) is 4.90 Å². The summed E-state index contributed by atoms with van der Waals surface area (Å²) >= 11 is 0. The molecule has 2 heterocycles. The van der Waals surface area contributed by atoms with Crippen LogP contribution in [0, 0.1) is 5.92 Å². The van der Waals surface area contributed by atoms with E-state index in [4.69, 9.17) is 4.74 Å². The maximum Gasteiger partial charge on any atom is 0.330 e. The normalized spacial score (nSPS) is 32.3. The van der Waals surface area contributed by atoms with Gasteiger partial charge < -0.3 is 9.84 Å². The van der Waals surface area contributed by atoms with Crippen LogP contribution in [0.4, 0.5) is 0 Å². The monoisotopic (exact) mass is 239 g/mol. The molecule has 0 aromatic heterocycles. The number of aliphatic hydroxyl groups excluding tert-OH is 1. The van der Waals surface area contributed by atoms with Crippen molar-refractivity contribution in [1.82, 2.24) is 4.90 Å². The molecule has 0 spiro atoms. The molecule has 2 fully saturated rings. The number of ether oxygens (including phenoxy) is 1. The van der Waals surface area contributed by atoms with Gasteiger partial charge in [0.1, 0.15) is 0 Å². The summed E-state index contributed by atoms with van der Waals surface area (Å²) in [5, 5.41) is 9.89. The number of fused-ring (bicyclic) bond motifs is 1. The van der Waals surface area contributed by atoms with Crippen molar-refractivity contribution in [2.75, 3.05) is 19.7 Å². The molecular formula is C13H21NO3. The zero-order valence-corrected chi connectivity index (χ0v) is 10.6. The number of nitrogens with zero attached hydrogens (tertiary/aromatic N) is 1. The van der Waals surface area contributed by atoms with Crippen molar-refractivity contribution in [2.45, 2.75) is 38.8 Å². The van der Waals surface area contributed by atoms with E-state index in [1.165, 1.54) is 6.08 Å². The van der Waals surface area contributed by atoms with E-state index in [0.717, 1.165) is 31.5 Å². The van der Waals surface area contributed by atoms with Crippen molar-refractivity contribution in [3.05, 3.63) is 11.6 Å². The molecule has 0 saturated carbocycles. The van der Waals surface area contributed by atoms with E-state index >= 15 is 0 Å². The van der Waals surface area contributed by atoms with Crippen molar-refractivity contribution in [3.63, 3.8) is 0 Å². The maximum atomic E-state index is 11.4. The second-order valence-corrected chi connectivity index (χ2v) is 5.28. The predicted octanol–water partition coefficient (Wildman–Crippen LogP) is 0.951. The van der Waals surface area contributed by atoms with Gasteiger partial charge in [-0.2, -0.15) is 0 Å². The fourth-order valence-corrected chi connectivity index (χ4v) is 2.89. The van der Waals surface area contributed by atoms with Gasteiger partial charge in [-0.05, 0) is 33.2 Å². The molecule has 1 N–H and O–H groups in total. The van der Waals surface area contributed by atoms with Crippen LogP contribution in [0.1, 0.15) is 26.7 Å². The lowest BCUT2D eigenvalue weighted by atomic mass is 9.97. The fourth-order valence-electron chi connectivity index (χ4n) is 2.89. The molecule has 0 aliphatic carbocycles. The minimum absolute atomic E-state index is 0.203. The van der Waals surface area contributed by atoms with Crippen molar-refractivity contribution in [3.8, 4) is 0 Å². The Morgan fingerprint density at radius 2 is 2.12 bits per heavy atom. The average Bonchev–Trinajstić information content (AvgIpc) is 2.79. The summed E-state index contributed by atoms with van der Waals surface area (Å²) in [7, 11) is 0. The van der Waals surface area contributed by atoms with E-state index in [-0.39, 0.29) is 18.1 Å². The van der Waals surface area contributed by atoms with E-state index in [0.29, 0.717) is 12.5 Å². The minimum atomic E-state index is -0.268.